The van der Waals surface area contributed by atoms with Gasteiger partial charge in [-0.1, -0.05) is 24.3 Å². The fraction of sp³-hybridized carbons (Fsp3) is 0.391. The number of nitrogens with one attached hydrogen (secondary N) is 2. The minimum atomic E-state index is -0.627. The highest BCUT2D eigenvalue weighted by Crippen LogP contribution is 2.27. The maximum atomic E-state index is 12.2. The quantitative estimate of drug-likeness (QED) is 0.783. The maximum absolute atomic E-state index is 12.2. The van der Waals surface area contributed by atoms with Gasteiger partial charge in [0.2, 0.25) is 0 Å². The first-order valence-corrected chi connectivity index (χ1v) is 10.0. The molecular weight excluding hydrogens is 350 g/mol. The van der Waals surface area contributed by atoms with E-state index in [0.29, 0.717) is 18.7 Å². The maximum Gasteiger partial charge on any atom is 0.313 e. The van der Waals surface area contributed by atoms with E-state index in [0.717, 1.165) is 30.6 Å². The SMILES string of the molecule is CCN1CCCc2cc(CCNC(=O)C(=O)Nc3cc(C)ccc3C)ccc21. The molecule has 0 aromatic heterocycles. The smallest absolute Gasteiger partial charge is 0.313 e. The van der Waals surface area contributed by atoms with Gasteiger partial charge in [0.1, 0.15) is 0 Å². The van der Waals surface area contributed by atoms with Gasteiger partial charge >= 0.3 is 11.8 Å². The summed E-state index contributed by atoms with van der Waals surface area (Å²) in [4.78, 5) is 26.7. The molecule has 1 aliphatic heterocycles. The third-order valence-corrected chi connectivity index (χ3v) is 5.29. The Bertz CT molecular complexity index is 876. The Hall–Kier alpha value is -2.82. The highest BCUT2D eigenvalue weighted by atomic mass is 16.2. The molecule has 2 aromatic rings. The second kappa shape index (κ2) is 8.91. The van der Waals surface area contributed by atoms with E-state index in [1.807, 2.05) is 32.0 Å². The number of carbonyl (C=O) groups is 2. The number of aryl methyl sites for hydroxylation is 3. The molecule has 1 aliphatic rings. The average Bonchev–Trinajstić information content (AvgIpc) is 2.69. The van der Waals surface area contributed by atoms with Gasteiger partial charge in [-0.2, -0.15) is 0 Å². The Balaban J connectivity index is 1.52. The van der Waals surface area contributed by atoms with Crippen LogP contribution in [-0.4, -0.2) is 31.4 Å². The summed E-state index contributed by atoms with van der Waals surface area (Å²) in [6.07, 6.45) is 2.99. The average molecular weight is 380 g/mol. The first kappa shape index (κ1) is 19.9. The van der Waals surface area contributed by atoms with Crippen LogP contribution in [0.1, 0.15) is 35.6 Å². The predicted octanol–water partition coefficient (Wildman–Crippen LogP) is 3.37. The molecule has 1 heterocycles. The minimum Gasteiger partial charge on any atom is -0.372 e. The van der Waals surface area contributed by atoms with Gasteiger partial charge in [0, 0.05) is 31.0 Å². The van der Waals surface area contributed by atoms with Crippen LogP contribution < -0.4 is 15.5 Å². The lowest BCUT2D eigenvalue weighted by molar-refractivity contribution is -0.136. The number of carbonyl (C=O) groups excluding carboxylic acids is 2. The second-order valence-corrected chi connectivity index (χ2v) is 7.42. The number of rotatable bonds is 5. The van der Waals surface area contributed by atoms with E-state index in [4.69, 9.17) is 0 Å². The number of nitrogens with zero attached hydrogens (tertiary/aromatic N) is 1. The number of hydrogen-bond acceptors (Lipinski definition) is 3. The van der Waals surface area contributed by atoms with Crippen LogP contribution in [0.3, 0.4) is 0 Å². The molecule has 0 saturated heterocycles. The van der Waals surface area contributed by atoms with Gasteiger partial charge in [-0.15, -0.1) is 0 Å². The summed E-state index contributed by atoms with van der Waals surface area (Å²) in [6.45, 7) is 8.62. The fourth-order valence-electron chi connectivity index (χ4n) is 3.66. The van der Waals surface area contributed by atoms with E-state index in [1.165, 1.54) is 23.2 Å². The predicted molar refractivity (Wildman–Crippen MR) is 114 cm³/mol. The fourth-order valence-corrected chi connectivity index (χ4v) is 3.66. The van der Waals surface area contributed by atoms with Crippen molar-refractivity contribution in [2.45, 2.75) is 40.0 Å². The van der Waals surface area contributed by atoms with Crippen molar-refractivity contribution in [3.63, 3.8) is 0 Å². The molecule has 148 valence electrons. The third-order valence-electron chi connectivity index (χ3n) is 5.29. The van der Waals surface area contributed by atoms with Crippen molar-refractivity contribution in [3.8, 4) is 0 Å². The lowest BCUT2D eigenvalue weighted by Gasteiger charge is -2.30. The molecule has 2 aromatic carbocycles. The molecule has 28 heavy (non-hydrogen) atoms. The molecular formula is C23H29N3O2. The molecule has 0 fully saturated rings. The van der Waals surface area contributed by atoms with E-state index in [9.17, 15) is 9.59 Å². The van der Waals surface area contributed by atoms with Crippen molar-refractivity contribution in [2.24, 2.45) is 0 Å². The number of fused-ring (bicyclic) bond motifs is 1. The second-order valence-electron chi connectivity index (χ2n) is 7.42. The molecule has 3 rings (SSSR count). The highest BCUT2D eigenvalue weighted by molar-refractivity contribution is 6.39. The van der Waals surface area contributed by atoms with Gasteiger partial charge < -0.3 is 15.5 Å². The zero-order valence-corrected chi connectivity index (χ0v) is 17.0. The van der Waals surface area contributed by atoms with E-state index in [2.05, 4.69) is 40.7 Å². The van der Waals surface area contributed by atoms with Crippen LogP contribution in [0.2, 0.25) is 0 Å². The summed E-state index contributed by atoms with van der Waals surface area (Å²) in [5, 5.41) is 5.42. The molecule has 0 radical (unpaired) electrons. The van der Waals surface area contributed by atoms with E-state index in [1.54, 1.807) is 0 Å². The van der Waals surface area contributed by atoms with Crippen LogP contribution in [0, 0.1) is 13.8 Å². The van der Waals surface area contributed by atoms with Gasteiger partial charge in [-0.3, -0.25) is 9.59 Å². The molecule has 0 unspecified atom stereocenters. The Kier molecular flexibility index (Phi) is 6.34. The molecule has 0 bridgehead atoms. The number of amides is 2. The third kappa shape index (κ3) is 4.71. The minimum absolute atomic E-state index is 0.440. The van der Waals surface area contributed by atoms with Gasteiger partial charge in [0.25, 0.3) is 0 Å². The van der Waals surface area contributed by atoms with Crippen molar-refractivity contribution in [1.82, 2.24) is 5.32 Å². The Morgan fingerprint density at radius 1 is 1.07 bits per heavy atom. The lowest BCUT2D eigenvalue weighted by Crippen LogP contribution is -2.36. The van der Waals surface area contributed by atoms with Crippen molar-refractivity contribution in [2.75, 3.05) is 29.9 Å². The molecule has 0 aliphatic carbocycles. The van der Waals surface area contributed by atoms with Gasteiger partial charge in [0.05, 0.1) is 0 Å². The van der Waals surface area contributed by atoms with Crippen molar-refractivity contribution in [1.29, 1.82) is 0 Å². The molecule has 0 spiro atoms. The number of benzene rings is 2. The zero-order valence-electron chi connectivity index (χ0n) is 17.0. The van der Waals surface area contributed by atoms with Gasteiger partial charge in [-0.05, 0) is 74.4 Å². The van der Waals surface area contributed by atoms with Crippen molar-refractivity contribution < 1.29 is 9.59 Å². The summed E-state index contributed by atoms with van der Waals surface area (Å²) >= 11 is 0. The largest absolute Gasteiger partial charge is 0.372 e. The summed E-state index contributed by atoms with van der Waals surface area (Å²) < 4.78 is 0. The Morgan fingerprint density at radius 3 is 2.68 bits per heavy atom. The summed E-state index contributed by atoms with van der Waals surface area (Å²) in [5.74, 6) is -1.23. The summed E-state index contributed by atoms with van der Waals surface area (Å²) in [5.41, 5.74) is 6.54. The van der Waals surface area contributed by atoms with Gasteiger partial charge in [0.15, 0.2) is 0 Å². The van der Waals surface area contributed by atoms with Gasteiger partial charge in [-0.25, -0.2) is 0 Å². The van der Waals surface area contributed by atoms with Crippen LogP contribution in [0.15, 0.2) is 36.4 Å². The first-order chi connectivity index (χ1) is 13.5. The standard InChI is InChI=1S/C23H29N3O2/c1-4-26-13-5-6-19-15-18(9-10-21(19)26)11-12-24-22(27)23(28)25-20-14-16(2)7-8-17(20)3/h7-10,14-15H,4-6,11-13H2,1-3H3,(H,24,27)(H,25,28). The molecule has 2 N–H and O–H groups in total. The normalized spacial score (nSPS) is 13.0. The van der Waals surface area contributed by atoms with Crippen molar-refractivity contribution in [3.05, 3.63) is 58.7 Å². The molecule has 5 heteroatoms. The molecule has 2 amide bonds. The van der Waals surface area contributed by atoms with Crippen LogP contribution in [0.25, 0.3) is 0 Å². The summed E-state index contributed by atoms with van der Waals surface area (Å²) in [6, 6.07) is 12.3. The summed E-state index contributed by atoms with van der Waals surface area (Å²) in [7, 11) is 0. The molecule has 0 saturated carbocycles. The van der Waals surface area contributed by atoms with Crippen LogP contribution in [-0.2, 0) is 22.4 Å². The Labute approximate surface area is 167 Å². The first-order valence-electron chi connectivity index (χ1n) is 10.0. The zero-order chi connectivity index (χ0) is 20.1. The van der Waals surface area contributed by atoms with Crippen LogP contribution in [0.4, 0.5) is 11.4 Å². The van der Waals surface area contributed by atoms with E-state index >= 15 is 0 Å². The Morgan fingerprint density at radius 2 is 1.89 bits per heavy atom. The van der Waals surface area contributed by atoms with Crippen molar-refractivity contribution >= 4 is 23.2 Å². The lowest BCUT2D eigenvalue weighted by atomic mass is 9.98. The topological polar surface area (TPSA) is 61.4 Å². The molecule has 0 atom stereocenters. The van der Waals surface area contributed by atoms with E-state index in [-0.39, 0.29) is 0 Å². The number of anilines is 2. The molecule has 5 nitrogen and oxygen atoms in total. The monoisotopic (exact) mass is 379 g/mol. The number of hydrogen-bond donors (Lipinski definition) is 2. The highest BCUT2D eigenvalue weighted by Gasteiger charge is 2.17. The van der Waals surface area contributed by atoms with Crippen LogP contribution in [0.5, 0.6) is 0 Å². The van der Waals surface area contributed by atoms with E-state index < -0.39 is 11.8 Å². The van der Waals surface area contributed by atoms with Crippen LogP contribution >= 0.6 is 0 Å².